The molecule has 186 valence electrons. The van der Waals surface area contributed by atoms with Gasteiger partial charge in [0.25, 0.3) is 0 Å². The number of thiocarbonyl (C=S) groups is 1. The minimum absolute atomic E-state index is 0.616. The molecule has 0 amide bonds. The number of unbranched alkanes of at least 4 members (excludes halogenated alkanes) is 12. The van der Waals surface area contributed by atoms with E-state index in [1.807, 2.05) is 20.8 Å². The van der Waals surface area contributed by atoms with E-state index in [2.05, 4.69) is 6.92 Å². The minimum Gasteiger partial charge on any atom is -0.487 e. The minimum atomic E-state index is -2.55. The summed E-state index contributed by atoms with van der Waals surface area (Å²) in [7, 11) is -2.55. The lowest BCUT2D eigenvalue weighted by molar-refractivity contribution is 0.0695. The van der Waals surface area contributed by atoms with Crippen molar-refractivity contribution in [1.82, 2.24) is 0 Å². The van der Waals surface area contributed by atoms with E-state index >= 15 is 0 Å². The molecule has 0 atom stereocenters. The molecule has 0 fully saturated rings. The van der Waals surface area contributed by atoms with Gasteiger partial charge >= 0.3 is 8.80 Å². The van der Waals surface area contributed by atoms with Crippen LogP contribution in [-0.2, 0) is 18.0 Å². The Hall–Kier alpha value is -0.0131. The van der Waals surface area contributed by atoms with Gasteiger partial charge in [-0.25, -0.2) is 0 Å². The van der Waals surface area contributed by atoms with Gasteiger partial charge in [-0.3, -0.25) is 0 Å². The Balaban J connectivity index is 3.59. The van der Waals surface area contributed by atoms with Gasteiger partial charge in [0.1, 0.15) is 0 Å². The van der Waals surface area contributed by atoms with Crippen molar-refractivity contribution in [3.63, 3.8) is 0 Å². The highest BCUT2D eigenvalue weighted by Crippen LogP contribution is 2.18. The van der Waals surface area contributed by atoms with Gasteiger partial charge in [0, 0.05) is 32.3 Å². The maximum absolute atomic E-state index is 5.88. The topological polar surface area (TPSA) is 36.9 Å². The van der Waals surface area contributed by atoms with E-state index in [9.17, 15) is 0 Å². The average molecular weight is 477 g/mol. The predicted octanol–water partition coefficient (Wildman–Crippen LogP) is 8.25. The summed E-state index contributed by atoms with van der Waals surface area (Å²) < 4.78 is 23.4. The van der Waals surface area contributed by atoms with Crippen molar-refractivity contribution >= 4 is 26.1 Å². The highest BCUT2D eigenvalue weighted by atomic mass is 32.1. The second kappa shape index (κ2) is 23.2. The molecule has 0 aliphatic heterocycles. The fraction of sp³-hybridized carbons (Fsp3) is 0.960. The highest BCUT2D eigenvalue weighted by molar-refractivity contribution is 7.80. The van der Waals surface area contributed by atoms with Gasteiger partial charge in [0.05, 0.1) is 6.61 Å². The van der Waals surface area contributed by atoms with E-state index in [4.69, 9.17) is 30.2 Å². The van der Waals surface area contributed by atoms with Crippen LogP contribution in [0.15, 0.2) is 0 Å². The summed E-state index contributed by atoms with van der Waals surface area (Å²) in [5.41, 5.74) is 0. The maximum atomic E-state index is 5.88. The molecule has 0 bridgehead atoms. The summed E-state index contributed by atoms with van der Waals surface area (Å²) in [6.45, 7) is 10.7. The Kier molecular flexibility index (Phi) is 23.1. The molecule has 0 aromatic heterocycles. The van der Waals surface area contributed by atoms with Gasteiger partial charge < -0.3 is 18.0 Å². The Morgan fingerprint density at radius 2 is 1.00 bits per heavy atom. The monoisotopic (exact) mass is 476 g/mol. The fourth-order valence-corrected chi connectivity index (χ4v) is 6.64. The summed E-state index contributed by atoms with van der Waals surface area (Å²) >= 11 is 5.40. The van der Waals surface area contributed by atoms with Crippen molar-refractivity contribution in [2.24, 2.45) is 0 Å². The van der Waals surface area contributed by atoms with Gasteiger partial charge in [0.15, 0.2) is 5.05 Å². The summed E-state index contributed by atoms with van der Waals surface area (Å²) in [6, 6.07) is 0.782. The zero-order valence-electron chi connectivity index (χ0n) is 21.2. The third-order valence-electron chi connectivity index (χ3n) is 5.47. The molecule has 0 unspecified atom stereocenters. The molecule has 31 heavy (non-hydrogen) atoms. The van der Waals surface area contributed by atoms with Gasteiger partial charge in [-0.1, -0.05) is 84.0 Å². The lowest BCUT2D eigenvalue weighted by atomic mass is 10.0. The van der Waals surface area contributed by atoms with E-state index in [1.54, 1.807) is 0 Å². The van der Waals surface area contributed by atoms with Crippen molar-refractivity contribution in [2.45, 2.75) is 130 Å². The number of hydrogen-bond acceptors (Lipinski definition) is 5. The van der Waals surface area contributed by atoms with Crippen LogP contribution in [0.4, 0.5) is 0 Å². The first kappa shape index (κ1) is 31.0. The maximum Gasteiger partial charge on any atom is 0.501 e. The Morgan fingerprint density at radius 3 is 1.42 bits per heavy atom. The van der Waals surface area contributed by atoms with Crippen molar-refractivity contribution in [2.75, 3.05) is 26.4 Å². The summed E-state index contributed by atoms with van der Waals surface area (Å²) in [4.78, 5) is 0. The quantitative estimate of drug-likeness (QED) is 0.0796. The SMILES string of the molecule is CCCCCCCCCCCCCCCC(=S)OCCC[Si](OCC)(OCC)OCC. The first-order valence-electron chi connectivity index (χ1n) is 13.2. The van der Waals surface area contributed by atoms with E-state index in [1.165, 1.54) is 77.0 Å². The highest BCUT2D eigenvalue weighted by Gasteiger charge is 2.39. The molecule has 0 N–H and O–H groups in total. The fourth-order valence-electron chi connectivity index (χ4n) is 3.84. The largest absolute Gasteiger partial charge is 0.501 e. The normalized spacial score (nSPS) is 11.7. The molecule has 0 aromatic carbocycles. The predicted molar refractivity (Wildman–Crippen MR) is 139 cm³/mol. The van der Waals surface area contributed by atoms with E-state index in [-0.39, 0.29) is 0 Å². The van der Waals surface area contributed by atoms with E-state index in [0.717, 1.165) is 30.4 Å². The zero-order chi connectivity index (χ0) is 23.0. The Morgan fingerprint density at radius 1 is 0.581 bits per heavy atom. The summed E-state index contributed by atoms with van der Waals surface area (Å²) in [5.74, 6) is 0. The molecule has 6 heteroatoms. The lowest BCUT2D eigenvalue weighted by Gasteiger charge is -2.28. The molecular weight excluding hydrogens is 424 g/mol. The smallest absolute Gasteiger partial charge is 0.487 e. The molecule has 0 radical (unpaired) electrons. The van der Waals surface area contributed by atoms with Crippen LogP contribution in [0.2, 0.25) is 6.04 Å². The molecule has 0 aromatic rings. The van der Waals surface area contributed by atoms with Gasteiger partial charge in [-0.05, 0) is 45.8 Å². The van der Waals surface area contributed by atoms with Gasteiger partial charge in [-0.15, -0.1) is 0 Å². The molecule has 0 aliphatic carbocycles. The number of rotatable bonds is 24. The molecule has 0 saturated heterocycles. The molecular formula is C25H52O4SSi. The van der Waals surface area contributed by atoms with Crippen LogP contribution in [0.3, 0.4) is 0 Å². The second-order valence-electron chi connectivity index (χ2n) is 8.30. The zero-order valence-corrected chi connectivity index (χ0v) is 23.0. The van der Waals surface area contributed by atoms with Crippen molar-refractivity contribution in [3.05, 3.63) is 0 Å². The van der Waals surface area contributed by atoms with Crippen LogP contribution < -0.4 is 0 Å². The standard InChI is InChI=1S/C25H52O4SSi/c1-5-9-10-11-12-13-14-15-16-17-18-19-20-22-25(30)26-23-21-24-31(27-6-2,28-7-3)29-8-4/h5-24H2,1-4H3. The van der Waals surface area contributed by atoms with Crippen LogP contribution in [0.1, 0.15) is 124 Å². The molecule has 0 heterocycles. The molecule has 0 rings (SSSR count). The van der Waals surface area contributed by atoms with Gasteiger partial charge in [-0.2, -0.15) is 0 Å². The van der Waals surface area contributed by atoms with Crippen molar-refractivity contribution in [1.29, 1.82) is 0 Å². The van der Waals surface area contributed by atoms with Crippen LogP contribution in [0.25, 0.3) is 0 Å². The number of ether oxygens (including phenoxy) is 1. The second-order valence-corrected chi connectivity index (χ2v) is 11.5. The molecule has 0 saturated carbocycles. The molecule has 0 spiro atoms. The first-order chi connectivity index (χ1) is 15.1. The molecule has 0 aliphatic rings. The number of hydrogen-bond donors (Lipinski definition) is 0. The van der Waals surface area contributed by atoms with E-state index in [0.29, 0.717) is 26.4 Å². The third kappa shape index (κ3) is 19.2. The third-order valence-corrected chi connectivity index (χ3v) is 8.94. The van der Waals surface area contributed by atoms with Crippen LogP contribution >= 0.6 is 12.2 Å². The van der Waals surface area contributed by atoms with Crippen molar-refractivity contribution < 1.29 is 18.0 Å². The summed E-state index contributed by atoms with van der Waals surface area (Å²) in [5, 5.41) is 0.750. The first-order valence-corrected chi connectivity index (χ1v) is 15.6. The Labute approximate surface area is 200 Å². The van der Waals surface area contributed by atoms with Crippen LogP contribution in [-0.4, -0.2) is 40.3 Å². The van der Waals surface area contributed by atoms with Crippen LogP contribution in [0.5, 0.6) is 0 Å². The summed E-state index contributed by atoms with van der Waals surface area (Å²) in [6.07, 6.45) is 19.5. The molecule has 4 nitrogen and oxygen atoms in total. The van der Waals surface area contributed by atoms with Gasteiger partial charge in [0.2, 0.25) is 0 Å². The lowest BCUT2D eigenvalue weighted by Crippen LogP contribution is -2.46. The Bertz CT molecular complexity index is 379. The average Bonchev–Trinajstić information content (AvgIpc) is 2.75. The van der Waals surface area contributed by atoms with Crippen molar-refractivity contribution in [3.8, 4) is 0 Å². The van der Waals surface area contributed by atoms with E-state index < -0.39 is 8.80 Å². The van der Waals surface area contributed by atoms with Crippen LogP contribution in [0, 0.1) is 0 Å².